The van der Waals surface area contributed by atoms with E-state index in [0.29, 0.717) is 0 Å². The molecule has 0 aliphatic rings. The van der Waals surface area contributed by atoms with Crippen LogP contribution in [0.5, 0.6) is 0 Å². The van der Waals surface area contributed by atoms with Crippen LogP contribution in [0.15, 0.2) is 28.4 Å². The highest BCUT2D eigenvalue weighted by atomic mass is 14.8. The summed E-state index contributed by atoms with van der Waals surface area (Å²) in [6.07, 6.45) is 4.40. The third kappa shape index (κ3) is 3.92. The van der Waals surface area contributed by atoms with Gasteiger partial charge in [-0.15, -0.1) is 0 Å². The first-order valence-corrected chi connectivity index (χ1v) is 4.79. The monoisotopic (exact) mass is 180 g/mol. The van der Waals surface area contributed by atoms with E-state index in [9.17, 15) is 0 Å². The SMILES string of the molecule is C=C(C)/C(CC)=C(/CCC)N=CN. The second-order valence-electron chi connectivity index (χ2n) is 3.09. The number of aliphatic imine (C=N–C) groups is 1. The van der Waals surface area contributed by atoms with Crippen molar-refractivity contribution in [3.05, 3.63) is 23.4 Å². The maximum Gasteiger partial charge on any atom is 0.0856 e. The highest BCUT2D eigenvalue weighted by Gasteiger charge is 2.03. The second kappa shape index (κ2) is 6.46. The molecule has 0 heterocycles. The van der Waals surface area contributed by atoms with Crippen molar-refractivity contribution < 1.29 is 0 Å². The lowest BCUT2D eigenvalue weighted by molar-refractivity contribution is 0.866. The van der Waals surface area contributed by atoms with Crippen molar-refractivity contribution in [2.24, 2.45) is 10.7 Å². The van der Waals surface area contributed by atoms with E-state index in [-0.39, 0.29) is 0 Å². The standard InChI is InChI=1S/C11H20N2/c1-5-7-11(13-8-12)10(6-2)9(3)4/h8H,3,5-7H2,1-2,4H3,(H2,12,13)/b11-10-. The molecule has 0 aliphatic heterocycles. The summed E-state index contributed by atoms with van der Waals surface area (Å²) in [5, 5.41) is 0. The molecular formula is C11H20N2. The van der Waals surface area contributed by atoms with Crippen molar-refractivity contribution in [1.29, 1.82) is 0 Å². The van der Waals surface area contributed by atoms with E-state index < -0.39 is 0 Å². The summed E-state index contributed by atoms with van der Waals surface area (Å²) < 4.78 is 0. The Balaban J connectivity index is 4.87. The van der Waals surface area contributed by atoms with E-state index in [4.69, 9.17) is 5.73 Å². The molecule has 0 saturated carbocycles. The molecule has 0 aromatic carbocycles. The fourth-order valence-electron chi connectivity index (χ4n) is 1.37. The van der Waals surface area contributed by atoms with E-state index in [1.807, 2.05) is 6.92 Å². The Hall–Kier alpha value is -1.05. The molecule has 2 heteroatoms. The number of hydrogen-bond acceptors (Lipinski definition) is 1. The topological polar surface area (TPSA) is 38.4 Å². The molecule has 0 spiro atoms. The fraction of sp³-hybridized carbons (Fsp3) is 0.545. The molecule has 0 atom stereocenters. The smallest absolute Gasteiger partial charge is 0.0856 e. The second-order valence-corrected chi connectivity index (χ2v) is 3.09. The lowest BCUT2D eigenvalue weighted by Crippen LogP contribution is -1.95. The first-order valence-electron chi connectivity index (χ1n) is 4.79. The molecule has 0 radical (unpaired) electrons. The minimum Gasteiger partial charge on any atom is -0.390 e. The van der Waals surface area contributed by atoms with Gasteiger partial charge in [-0.25, -0.2) is 4.99 Å². The van der Waals surface area contributed by atoms with Crippen molar-refractivity contribution in [3.8, 4) is 0 Å². The summed E-state index contributed by atoms with van der Waals surface area (Å²) in [6.45, 7) is 10.2. The maximum atomic E-state index is 5.30. The summed E-state index contributed by atoms with van der Waals surface area (Å²) in [5.74, 6) is 0. The van der Waals surface area contributed by atoms with Crippen LogP contribution in [0.1, 0.15) is 40.0 Å². The average Bonchev–Trinajstić information content (AvgIpc) is 2.05. The number of hydrogen-bond donors (Lipinski definition) is 1. The van der Waals surface area contributed by atoms with Gasteiger partial charge in [-0.3, -0.25) is 0 Å². The van der Waals surface area contributed by atoms with Crippen molar-refractivity contribution >= 4 is 6.34 Å². The van der Waals surface area contributed by atoms with Gasteiger partial charge in [0.1, 0.15) is 0 Å². The van der Waals surface area contributed by atoms with Crippen LogP contribution in [-0.2, 0) is 0 Å². The van der Waals surface area contributed by atoms with Crippen LogP contribution in [0, 0.1) is 0 Å². The third-order valence-corrected chi connectivity index (χ3v) is 1.93. The number of rotatable bonds is 5. The Kier molecular flexibility index (Phi) is 5.94. The zero-order valence-corrected chi connectivity index (χ0v) is 8.93. The number of nitrogens with zero attached hydrogens (tertiary/aromatic N) is 1. The van der Waals surface area contributed by atoms with Gasteiger partial charge in [-0.2, -0.15) is 0 Å². The highest BCUT2D eigenvalue weighted by molar-refractivity contribution is 5.54. The van der Waals surface area contributed by atoms with Crippen LogP contribution in [-0.4, -0.2) is 6.34 Å². The predicted molar refractivity (Wildman–Crippen MR) is 59.7 cm³/mol. The van der Waals surface area contributed by atoms with Gasteiger partial charge in [0, 0.05) is 5.70 Å². The molecule has 0 amide bonds. The predicted octanol–water partition coefficient (Wildman–Crippen LogP) is 3.01. The number of nitrogens with two attached hydrogens (primary N) is 1. The molecule has 0 aromatic heterocycles. The summed E-state index contributed by atoms with van der Waals surface area (Å²) >= 11 is 0. The zero-order valence-electron chi connectivity index (χ0n) is 8.93. The van der Waals surface area contributed by atoms with Crippen LogP contribution >= 0.6 is 0 Å². The van der Waals surface area contributed by atoms with Crippen LogP contribution in [0.3, 0.4) is 0 Å². The van der Waals surface area contributed by atoms with Crippen LogP contribution in [0.25, 0.3) is 0 Å². The van der Waals surface area contributed by atoms with Crippen molar-refractivity contribution in [3.63, 3.8) is 0 Å². The first-order chi connectivity index (χ1) is 6.17. The molecule has 0 saturated heterocycles. The van der Waals surface area contributed by atoms with Gasteiger partial charge in [0.05, 0.1) is 6.34 Å². The van der Waals surface area contributed by atoms with E-state index in [1.165, 1.54) is 11.9 Å². The molecule has 0 bridgehead atoms. The third-order valence-electron chi connectivity index (χ3n) is 1.93. The van der Waals surface area contributed by atoms with E-state index >= 15 is 0 Å². The minimum atomic E-state index is 0.974. The Morgan fingerprint density at radius 1 is 1.46 bits per heavy atom. The Labute approximate surface area is 81.2 Å². The Morgan fingerprint density at radius 2 is 2.08 bits per heavy atom. The van der Waals surface area contributed by atoms with Crippen LogP contribution < -0.4 is 5.73 Å². The van der Waals surface area contributed by atoms with Gasteiger partial charge < -0.3 is 5.73 Å². The molecule has 2 nitrogen and oxygen atoms in total. The lowest BCUT2D eigenvalue weighted by Gasteiger charge is -2.08. The van der Waals surface area contributed by atoms with E-state index in [2.05, 4.69) is 25.4 Å². The zero-order chi connectivity index (χ0) is 10.3. The first kappa shape index (κ1) is 11.9. The quantitative estimate of drug-likeness (QED) is 0.394. The lowest BCUT2D eigenvalue weighted by atomic mass is 10.0. The summed E-state index contributed by atoms with van der Waals surface area (Å²) in [5.41, 5.74) is 8.71. The highest BCUT2D eigenvalue weighted by Crippen LogP contribution is 2.21. The van der Waals surface area contributed by atoms with Gasteiger partial charge in [-0.1, -0.05) is 32.4 Å². The molecule has 2 N–H and O–H groups in total. The molecule has 0 aromatic rings. The Morgan fingerprint density at radius 3 is 2.38 bits per heavy atom. The van der Waals surface area contributed by atoms with Gasteiger partial charge >= 0.3 is 0 Å². The molecule has 74 valence electrons. The molecule has 0 aliphatic carbocycles. The summed E-state index contributed by atoms with van der Waals surface area (Å²) in [4.78, 5) is 4.18. The van der Waals surface area contributed by atoms with Gasteiger partial charge in [0.2, 0.25) is 0 Å². The normalized spacial score (nSPS) is 13.2. The molecule has 0 unspecified atom stereocenters. The van der Waals surface area contributed by atoms with Crippen LogP contribution in [0.2, 0.25) is 0 Å². The van der Waals surface area contributed by atoms with E-state index in [0.717, 1.165) is 30.5 Å². The summed E-state index contributed by atoms with van der Waals surface area (Å²) in [6, 6.07) is 0. The van der Waals surface area contributed by atoms with E-state index in [1.54, 1.807) is 0 Å². The average molecular weight is 180 g/mol. The fourth-order valence-corrected chi connectivity index (χ4v) is 1.37. The maximum absolute atomic E-state index is 5.30. The molecular weight excluding hydrogens is 160 g/mol. The van der Waals surface area contributed by atoms with Gasteiger partial charge in [0.25, 0.3) is 0 Å². The van der Waals surface area contributed by atoms with Crippen molar-refractivity contribution in [1.82, 2.24) is 0 Å². The largest absolute Gasteiger partial charge is 0.390 e. The van der Waals surface area contributed by atoms with Gasteiger partial charge in [-0.05, 0) is 25.3 Å². The van der Waals surface area contributed by atoms with Crippen molar-refractivity contribution in [2.45, 2.75) is 40.0 Å². The minimum absolute atomic E-state index is 0.974. The molecule has 13 heavy (non-hydrogen) atoms. The molecule has 0 fully saturated rings. The number of allylic oxidation sites excluding steroid dienone is 3. The van der Waals surface area contributed by atoms with Crippen LogP contribution in [0.4, 0.5) is 0 Å². The molecule has 0 rings (SSSR count). The Bertz CT molecular complexity index is 224. The van der Waals surface area contributed by atoms with Crippen molar-refractivity contribution in [2.75, 3.05) is 0 Å². The summed E-state index contributed by atoms with van der Waals surface area (Å²) in [7, 11) is 0. The van der Waals surface area contributed by atoms with Gasteiger partial charge in [0.15, 0.2) is 0 Å².